The van der Waals surface area contributed by atoms with E-state index in [4.69, 9.17) is 5.26 Å². The lowest BCUT2D eigenvalue weighted by molar-refractivity contribution is 0.0950. The number of rotatable bonds is 4. The van der Waals surface area contributed by atoms with Gasteiger partial charge in [0.25, 0.3) is 5.91 Å². The summed E-state index contributed by atoms with van der Waals surface area (Å²) in [7, 11) is 0. The Hall–Kier alpha value is -2.60. The molecular formula is C17H16N2O. The summed E-state index contributed by atoms with van der Waals surface area (Å²) in [6.07, 6.45) is 0.244. The largest absolute Gasteiger partial charge is 0.348 e. The monoisotopic (exact) mass is 264 g/mol. The van der Waals surface area contributed by atoms with E-state index in [1.165, 1.54) is 5.56 Å². The first-order valence-electron chi connectivity index (χ1n) is 6.49. The molecule has 2 rings (SSSR count). The van der Waals surface area contributed by atoms with E-state index in [9.17, 15) is 4.79 Å². The highest BCUT2D eigenvalue weighted by Crippen LogP contribution is 2.10. The van der Waals surface area contributed by atoms with Gasteiger partial charge in [-0.05, 0) is 24.1 Å². The van der Waals surface area contributed by atoms with Gasteiger partial charge >= 0.3 is 0 Å². The van der Waals surface area contributed by atoms with Gasteiger partial charge in [-0.1, -0.05) is 48.0 Å². The van der Waals surface area contributed by atoms with Gasteiger partial charge in [-0.15, -0.1) is 0 Å². The van der Waals surface area contributed by atoms with Gasteiger partial charge in [0.2, 0.25) is 0 Å². The SMILES string of the molecule is Cc1ccc(CNC(=O)c2ccccc2CC#N)cc1. The fraction of sp³-hybridized carbons (Fsp3) is 0.176. The van der Waals surface area contributed by atoms with E-state index in [1.807, 2.05) is 49.4 Å². The van der Waals surface area contributed by atoms with Crippen LogP contribution in [0, 0.1) is 18.3 Å². The lowest BCUT2D eigenvalue weighted by Crippen LogP contribution is -2.23. The molecule has 0 heterocycles. The maximum absolute atomic E-state index is 12.2. The number of hydrogen-bond donors (Lipinski definition) is 1. The van der Waals surface area contributed by atoms with Gasteiger partial charge in [0.15, 0.2) is 0 Å². The third-order valence-electron chi connectivity index (χ3n) is 3.11. The molecule has 0 aliphatic rings. The topological polar surface area (TPSA) is 52.9 Å². The molecule has 100 valence electrons. The third kappa shape index (κ3) is 3.46. The molecule has 1 N–H and O–H groups in total. The standard InChI is InChI=1S/C17H16N2O/c1-13-6-8-14(9-7-13)12-19-17(20)16-5-3-2-4-15(16)10-11-18/h2-9H,10,12H2,1H3,(H,19,20). The molecule has 0 spiro atoms. The Bertz CT molecular complexity index is 639. The van der Waals surface area contributed by atoms with Crippen molar-refractivity contribution in [3.05, 3.63) is 70.8 Å². The van der Waals surface area contributed by atoms with Crippen LogP contribution in [-0.2, 0) is 13.0 Å². The second kappa shape index (κ2) is 6.53. The van der Waals surface area contributed by atoms with Crippen molar-refractivity contribution in [3.8, 4) is 6.07 Å². The van der Waals surface area contributed by atoms with Crippen molar-refractivity contribution in [1.29, 1.82) is 5.26 Å². The molecule has 0 saturated heterocycles. The van der Waals surface area contributed by atoms with Gasteiger partial charge in [-0.2, -0.15) is 5.26 Å². The summed E-state index contributed by atoms with van der Waals surface area (Å²) in [5, 5.41) is 11.7. The zero-order chi connectivity index (χ0) is 14.4. The third-order valence-corrected chi connectivity index (χ3v) is 3.11. The number of nitrogens with zero attached hydrogens (tertiary/aromatic N) is 1. The highest BCUT2D eigenvalue weighted by atomic mass is 16.1. The minimum Gasteiger partial charge on any atom is -0.348 e. The zero-order valence-electron chi connectivity index (χ0n) is 11.4. The molecule has 2 aromatic rings. The smallest absolute Gasteiger partial charge is 0.251 e. The van der Waals surface area contributed by atoms with Crippen LogP contribution in [0.15, 0.2) is 48.5 Å². The van der Waals surface area contributed by atoms with Gasteiger partial charge in [0.05, 0.1) is 12.5 Å². The van der Waals surface area contributed by atoms with Crippen LogP contribution in [0.2, 0.25) is 0 Å². The molecule has 20 heavy (non-hydrogen) atoms. The number of benzene rings is 2. The van der Waals surface area contributed by atoms with Crippen molar-refractivity contribution in [2.24, 2.45) is 0 Å². The number of amides is 1. The van der Waals surface area contributed by atoms with Crippen molar-refractivity contribution >= 4 is 5.91 Å². The molecule has 0 unspecified atom stereocenters. The zero-order valence-corrected chi connectivity index (χ0v) is 11.4. The summed E-state index contributed by atoms with van der Waals surface area (Å²) in [6.45, 7) is 2.51. The molecule has 0 aromatic heterocycles. The number of aryl methyl sites for hydroxylation is 1. The Morgan fingerprint density at radius 3 is 2.55 bits per heavy atom. The summed E-state index contributed by atoms with van der Waals surface area (Å²) in [6, 6.07) is 17.3. The van der Waals surface area contributed by atoms with Gasteiger partial charge < -0.3 is 5.32 Å². The first kappa shape index (κ1) is 13.8. The van der Waals surface area contributed by atoms with Crippen molar-refractivity contribution < 1.29 is 4.79 Å². The number of carbonyl (C=O) groups is 1. The average Bonchev–Trinajstić information content (AvgIpc) is 2.47. The predicted molar refractivity (Wildman–Crippen MR) is 78.1 cm³/mol. The Morgan fingerprint density at radius 1 is 1.15 bits per heavy atom. The first-order valence-corrected chi connectivity index (χ1v) is 6.49. The molecular weight excluding hydrogens is 248 g/mol. The van der Waals surface area contributed by atoms with Crippen LogP contribution in [0.3, 0.4) is 0 Å². The van der Waals surface area contributed by atoms with Gasteiger partial charge in [0.1, 0.15) is 0 Å². The Kier molecular flexibility index (Phi) is 4.52. The summed E-state index contributed by atoms with van der Waals surface area (Å²) < 4.78 is 0. The molecule has 0 saturated carbocycles. The van der Waals surface area contributed by atoms with Crippen molar-refractivity contribution in [3.63, 3.8) is 0 Å². The van der Waals surface area contributed by atoms with Crippen LogP contribution >= 0.6 is 0 Å². The van der Waals surface area contributed by atoms with Crippen LogP contribution in [0.1, 0.15) is 27.0 Å². The second-order valence-electron chi connectivity index (χ2n) is 4.66. The minimum atomic E-state index is -0.142. The van der Waals surface area contributed by atoms with E-state index in [0.29, 0.717) is 12.1 Å². The molecule has 0 aliphatic heterocycles. The van der Waals surface area contributed by atoms with Crippen LogP contribution < -0.4 is 5.32 Å². The quantitative estimate of drug-likeness (QED) is 0.923. The minimum absolute atomic E-state index is 0.142. The Balaban J connectivity index is 2.05. The summed E-state index contributed by atoms with van der Waals surface area (Å²) in [4.78, 5) is 12.2. The number of nitrogens with one attached hydrogen (secondary N) is 1. The van der Waals surface area contributed by atoms with E-state index in [1.54, 1.807) is 6.07 Å². The number of carbonyl (C=O) groups excluding carboxylic acids is 1. The first-order chi connectivity index (χ1) is 9.70. The Morgan fingerprint density at radius 2 is 1.85 bits per heavy atom. The number of nitriles is 1. The highest BCUT2D eigenvalue weighted by Gasteiger charge is 2.09. The predicted octanol–water partition coefficient (Wildman–Crippen LogP) is 2.99. The van der Waals surface area contributed by atoms with Gasteiger partial charge in [-0.3, -0.25) is 4.79 Å². The van der Waals surface area contributed by atoms with Crippen molar-refractivity contribution in [1.82, 2.24) is 5.32 Å². The summed E-state index contributed by atoms with van der Waals surface area (Å²) in [5.74, 6) is -0.142. The van der Waals surface area contributed by atoms with Gasteiger partial charge in [-0.25, -0.2) is 0 Å². The second-order valence-corrected chi connectivity index (χ2v) is 4.66. The lowest BCUT2D eigenvalue weighted by Gasteiger charge is -2.08. The summed E-state index contributed by atoms with van der Waals surface area (Å²) in [5.41, 5.74) is 3.58. The number of hydrogen-bond acceptors (Lipinski definition) is 2. The maximum atomic E-state index is 12.2. The maximum Gasteiger partial charge on any atom is 0.251 e. The highest BCUT2D eigenvalue weighted by molar-refractivity contribution is 5.95. The van der Waals surface area contributed by atoms with Crippen LogP contribution in [0.5, 0.6) is 0 Å². The fourth-order valence-corrected chi connectivity index (χ4v) is 1.96. The molecule has 1 amide bonds. The van der Waals surface area contributed by atoms with Crippen molar-refractivity contribution in [2.45, 2.75) is 19.9 Å². The average molecular weight is 264 g/mol. The van der Waals surface area contributed by atoms with Gasteiger partial charge in [0, 0.05) is 12.1 Å². The van der Waals surface area contributed by atoms with E-state index < -0.39 is 0 Å². The van der Waals surface area contributed by atoms with Crippen LogP contribution in [0.4, 0.5) is 0 Å². The molecule has 3 heteroatoms. The van der Waals surface area contributed by atoms with E-state index in [-0.39, 0.29) is 12.3 Å². The molecule has 3 nitrogen and oxygen atoms in total. The molecule has 0 atom stereocenters. The molecule has 0 radical (unpaired) electrons. The lowest BCUT2D eigenvalue weighted by atomic mass is 10.0. The van der Waals surface area contributed by atoms with E-state index >= 15 is 0 Å². The fourth-order valence-electron chi connectivity index (χ4n) is 1.96. The molecule has 0 fully saturated rings. The van der Waals surface area contributed by atoms with Crippen LogP contribution in [0.25, 0.3) is 0 Å². The molecule has 2 aromatic carbocycles. The molecule has 0 bridgehead atoms. The van der Waals surface area contributed by atoms with Crippen LogP contribution in [-0.4, -0.2) is 5.91 Å². The Labute approximate surface area is 118 Å². The normalized spacial score (nSPS) is 9.80. The van der Waals surface area contributed by atoms with Crippen molar-refractivity contribution in [2.75, 3.05) is 0 Å². The van der Waals surface area contributed by atoms with E-state index in [0.717, 1.165) is 11.1 Å². The van der Waals surface area contributed by atoms with E-state index in [2.05, 4.69) is 11.4 Å². The summed E-state index contributed by atoms with van der Waals surface area (Å²) >= 11 is 0. The molecule has 0 aliphatic carbocycles.